The second-order valence-electron chi connectivity index (χ2n) is 7.92. The van der Waals surface area contributed by atoms with Gasteiger partial charge in [0.2, 0.25) is 10.0 Å². The summed E-state index contributed by atoms with van der Waals surface area (Å²) in [7, 11) is -3.44. The van der Waals surface area contributed by atoms with E-state index in [-0.39, 0.29) is 19.1 Å². The number of nitrogen functional groups attached to an aromatic ring is 1. The molecule has 3 aromatic rings. The molecule has 10 heteroatoms. The van der Waals surface area contributed by atoms with Gasteiger partial charge in [-0.3, -0.25) is 0 Å². The minimum Gasteiger partial charge on any atom is -0.383 e. The standard InChI is InChI=1S/C18H22N6O3S/c1-9(2)24-12-7-23(28(3,25)26)6-11-15(22-27-16(11)10-4-5-10)13(12)14-17(19)20-8-21-18(14)24/h8-10H,4-7H2,1-3H3,(H2,19,20,21). The fourth-order valence-corrected chi connectivity index (χ4v) is 4.86. The van der Waals surface area contributed by atoms with Crippen LogP contribution in [0.15, 0.2) is 10.9 Å². The molecule has 1 aliphatic heterocycles. The Balaban J connectivity index is 1.90. The quantitative estimate of drug-likeness (QED) is 0.714. The molecule has 1 fully saturated rings. The van der Waals surface area contributed by atoms with Gasteiger partial charge < -0.3 is 14.8 Å². The maximum Gasteiger partial charge on any atom is 0.211 e. The molecule has 0 bridgehead atoms. The molecule has 0 amide bonds. The predicted octanol–water partition coefficient (Wildman–Crippen LogP) is 2.40. The molecule has 4 heterocycles. The molecule has 0 spiro atoms. The highest BCUT2D eigenvalue weighted by Gasteiger charge is 2.39. The van der Waals surface area contributed by atoms with Gasteiger partial charge in [0, 0.05) is 35.3 Å². The first-order valence-corrected chi connectivity index (χ1v) is 11.2. The van der Waals surface area contributed by atoms with E-state index >= 15 is 0 Å². The van der Waals surface area contributed by atoms with Crippen LogP contribution in [0.2, 0.25) is 0 Å². The molecule has 2 aliphatic rings. The second kappa shape index (κ2) is 5.77. The number of hydrogen-bond donors (Lipinski definition) is 1. The van der Waals surface area contributed by atoms with Crippen molar-refractivity contribution >= 4 is 26.9 Å². The van der Waals surface area contributed by atoms with Crippen molar-refractivity contribution in [2.75, 3.05) is 12.0 Å². The summed E-state index contributed by atoms with van der Waals surface area (Å²) in [6.07, 6.45) is 4.74. The smallest absolute Gasteiger partial charge is 0.211 e. The molecule has 28 heavy (non-hydrogen) atoms. The minimum atomic E-state index is -3.44. The molecule has 2 N–H and O–H groups in total. The highest BCUT2D eigenvalue weighted by molar-refractivity contribution is 7.88. The Hall–Kier alpha value is -2.46. The monoisotopic (exact) mass is 402 g/mol. The molecule has 0 saturated heterocycles. The fraction of sp³-hybridized carbons (Fsp3) is 0.500. The van der Waals surface area contributed by atoms with Crippen LogP contribution in [0.5, 0.6) is 0 Å². The van der Waals surface area contributed by atoms with Crippen molar-refractivity contribution in [1.82, 2.24) is 24.0 Å². The molecule has 1 aliphatic carbocycles. The van der Waals surface area contributed by atoms with Gasteiger partial charge in [-0.15, -0.1) is 0 Å². The second-order valence-corrected chi connectivity index (χ2v) is 9.90. The van der Waals surface area contributed by atoms with Crippen molar-refractivity contribution in [1.29, 1.82) is 0 Å². The number of aromatic nitrogens is 4. The van der Waals surface area contributed by atoms with Crippen molar-refractivity contribution in [2.24, 2.45) is 0 Å². The minimum absolute atomic E-state index is 0.0540. The summed E-state index contributed by atoms with van der Waals surface area (Å²) in [6, 6.07) is 0.0540. The largest absolute Gasteiger partial charge is 0.383 e. The molecule has 148 valence electrons. The summed E-state index contributed by atoms with van der Waals surface area (Å²) in [4.78, 5) is 8.64. The maximum absolute atomic E-state index is 12.6. The molecule has 0 radical (unpaired) electrons. The fourth-order valence-electron chi connectivity index (χ4n) is 4.14. The van der Waals surface area contributed by atoms with Crippen LogP contribution in [0.1, 0.15) is 55.7 Å². The van der Waals surface area contributed by atoms with Crippen LogP contribution in [0.3, 0.4) is 0 Å². The highest BCUT2D eigenvalue weighted by Crippen LogP contribution is 2.48. The van der Waals surface area contributed by atoms with Crippen LogP contribution in [-0.4, -0.2) is 38.7 Å². The number of anilines is 1. The SMILES string of the molecule is CC(C)n1c2c(c3c(N)ncnc31)-c1noc(C3CC3)c1CN(S(C)(=O)=O)C2. The van der Waals surface area contributed by atoms with E-state index in [1.165, 1.54) is 16.9 Å². The van der Waals surface area contributed by atoms with E-state index < -0.39 is 10.0 Å². The summed E-state index contributed by atoms with van der Waals surface area (Å²) >= 11 is 0. The van der Waals surface area contributed by atoms with Crippen LogP contribution in [-0.2, 0) is 23.1 Å². The Bertz CT molecular complexity index is 1210. The van der Waals surface area contributed by atoms with Crippen LogP contribution in [0.4, 0.5) is 5.82 Å². The predicted molar refractivity (Wildman–Crippen MR) is 104 cm³/mol. The molecule has 0 unspecified atom stereocenters. The maximum atomic E-state index is 12.6. The Kier molecular flexibility index (Phi) is 3.63. The van der Waals surface area contributed by atoms with E-state index in [4.69, 9.17) is 10.3 Å². The molecular weight excluding hydrogens is 380 g/mol. The zero-order valence-electron chi connectivity index (χ0n) is 16.0. The zero-order chi connectivity index (χ0) is 19.8. The van der Waals surface area contributed by atoms with Crippen LogP contribution < -0.4 is 5.73 Å². The Morgan fingerprint density at radius 2 is 2.00 bits per heavy atom. The van der Waals surface area contributed by atoms with E-state index in [2.05, 4.69) is 15.1 Å². The van der Waals surface area contributed by atoms with Crippen molar-refractivity contribution in [3.05, 3.63) is 23.3 Å². The first-order chi connectivity index (χ1) is 13.3. The lowest BCUT2D eigenvalue weighted by molar-refractivity contribution is 0.367. The van der Waals surface area contributed by atoms with Gasteiger partial charge in [0.1, 0.15) is 29.2 Å². The van der Waals surface area contributed by atoms with Gasteiger partial charge in [0.15, 0.2) is 0 Å². The molecule has 0 aromatic carbocycles. The summed E-state index contributed by atoms with van der Waals surface area (Å²) in [5.74, 6) is 1.46. The van der Waals surface area contributed by atoms with E-state index in [9.17, 15) is 8.42 Å². The topological polar surface area (TPSA) is 120 Å². The lowest BCUT2D eigenvalue weighted by Gasteiger charge is -2.21. The number of nitrogens with two attached hydrogens (primary N) is 1. The van der Waals surface area contributed by atoms with E-state index in [0.717, 1.165) is 35.4 Å². The summed E-state index contributed by atoms with van der Waals surface area (Å²) in [5.41, 5.74) is 10.0. The lowest BCUT2D eigenvalue weighted by atomic mass is 10.0. The zero-order valence-corrected chi connectivity index (χ0v) is 16.8. The number of fused-ring (bicyclic) bond motifs is 5. The van der Waals surface area contributed by atoms with Gasteiger partial charge in [0.25, 0.3) is 0 Å². The third-order valence-electron chi connectivity index (χ3n) is 5.56. The van der Waals surface area contributed by atoms with Crippen molar-refractivity contribution in [2.45, 2.75) is 51.7 Å². The van der Waals surface area contributed by atoms with Crippen molar-refractivity contribution in [3.63, 3.8) is 0 Å². The van der Waals surface area contributed by atoms with E-state index in [0.29, 0.717) is 28.5 Å². The summed E-state index contributed by atoms with van der Waals surface area (Å²) < 4.78 is 34.3. The first kappa shape index (κ1) is 17.6. The first-order valence-electron chi connectivity index (χ1n) is 9.34. The number of rotatable bonds is 3. The van der Waals surface area contributed by atoms with Gasteiger partial charge >= 0.3 is 0 Å². The number of hydrogen-bond acceptors (Lipinski definition) is 7. The average molecular weight is 402 g/mol. The Morgan fingerprint density at radius 3 is 2.64 bits per heavy atom. The van der Waals surface area contributed by atoms with Crippen LogP contribution in [0, 0.1) is 0 Å². The van der Waals surface area contributed by atoms with Crippen molar-refractivity contribution in [3.8, 4) is 11.3 Å². The van der Waals surface area contributed by atoms with Gasteiger partial charge in [-0.25, -0.2) is 18.4 Å². The van der Waals surface area contributed by atoms with Gasteiger partial charge in [-0.2, -0.15) is 4.31 Å². The molecule has 3 aromatic heterocycles. The van der Waals surface area contributed by atoms with Gasteiger partial charge in [0.05, 0.1) is 18.2 Å². The lowest BCUT2D eigenvalue weighted by Crippen LogP contribution is -2.29. The van der Waals surface area contributed by atoms with Crippen LogP contribution in [0.25, 0.3) is 22.3 Å². The molecule has 5 rings (SSSR count). The molecule has 1 saturated carbocycles. The van der Waals surface area contributed by atoms with E-state index in [1.807, 2.05) is 18.4 Å². The third kappa shape index (κ3) is 2.47. The number of sulfonamides is 1. The molecular formula is C18H22N6O3S. The normalized spacial score (nSPS) is 17.7. The summed E-state index contributed by atoms with van der Waals surface area (Å²) in [6.45, 7) is 4.54. The third-order valence-corrected chi connectivity index (χ3v) is 6.76. The van der Waals surface area contributed by atoms with E-state index in [1.54, 1.807) is 0 Å². The number of nitrogens with zero attached hydrogens (tertiary/aromatic N) is 5. The van der Waals surface area contributed by atoms with Crippen molar-refractivity contribution < 1.29 is 12.9 Å². The molecule has 9 nitrogen and oxygen atoms in total. The van der Waals surface area contributed by atoms with Gasteiger partial charge in [-0.05, 0) is 26.7 Å². The van der Waals surface area contributed by atoms with Gasteiger partial charge in [-0.1, -0.05) is 5.16 Å². The Morgan fingerprint density at radius 1 is 1.25 bits per heavy atom. The Labute approximate surface area is 162 Å². The average Bonchev–Trinajstić information content (AvgIpc) is 3.32. The molecule has 0 atom stereocenters. The summed E-state index contributed by atoms with van der Waals surface area (Å²) in [5, 5.41) is 5.09. The highest BCUT2D eigenvalue weighted by atomic mass is 32.2. The van der Waals surface area contributed by atoms with Crippen LogP contribution >= 0.6 is 0 Å².